The minimum absolute atomic E-state index is 0. The summed E-state index contributed by atoms with van der Waals surface area (Å²) in [6.45, 7) is 7.15. The molecular formula is C13H22ClN5. The van der Waals surface area contributed by atoms with Crippen LogP contribution in [0.1, 0.15) is 37.6 Å². The summed E-state index contributed by atoms with van der Waals surface area (Å²) >= 11 is 0. The molecule has 5 nitrogen and oxygen atoms in total. The van der Waals surface area contributed by atoms with E-state index in [4.69, 9.17) is 0 Å². The highest BCUT2D eigenvalue weighted by molar-refractivity contribution is 5.85. The van der Waals surface area contributed by atoms with Crippen LogP contribution in [0.4, 0.5) is 5.82 Å². The van der Waals surface area contributed by atoms with Crippen LogP contribution in [-0.2, 0) is 13.6 Å². The van der Waals surface area contributed by atoms with Crippen LogP contribution in [0.5, 0.6) is 0 Å². The van der Waals surface area contributed by atoms with E-state index < -0.39 is 0 Å². The molecule has 0 radical (unpaired) electrons. The molecule has 0 aliphatic rings. The molecule has 2 aromatic heterocycles. The highest BCUT2D eigenvalue weighted by Crippen LogP contribution is 2.13. The van der Waals surface area contributed by atoms with E-state index in [0.29, 0.717) is 6.04 Å². The molecule has 2 rings (SSSR count). The predicted octanol–water partition coefficient (Wildman–Crippen LogP) is 2.93. The molecular weight excluding hydrogens is 262 g/mol. The molecule has 106 valence electrons. The van der Waals surface area contributed by atoms with Crippen LogP contribution in [0, 0.1) is 6.92 Å². The largest absolute Gasteiger partial charge is 0.363 e. The zero-order valence-electron chi connectivity index (χ0n) is 11.9. The van der Waals surface area contributed by atoms with Crippen molar-refractivity contribution < 1.29 is 0 Å². The van der Waals surface area contributed by atoms with Crippen molar-refractivity contribution in [2.45, 2.75) is 39.8 Å². The third kappa shape index (κ3) is 3.50. The molecule has 2 heterocycles. The lowest BCUT2D eigenvalue weighted by Crippen LogP contribution is -2.08. The maximum Gasteiger partial charge on any atom is 0.148 e. The van der Waals surface area contributed by atoms with Gasteiger partial charge in [-0.15, -0.1) is 12.4 Å². The lowest BCUT2D eigenvalue weighted by molar-refractivity contribution is 0.479. The van der Waals surface area contributed by atoms with Crippen LogP contribution in [0.3, 0.4) is 0 Å². The van der Waals surface area contributed by atoms with Gasteiger partial charge < -0.3 is 5.32 Å². The van der Waals surface area contributed by atoms with Gasteiger partial charge in [-0.2, -0.15) is 10.2 Å². The molecule has 0 saturated heterocycles. The molecule has 0 aliphatic carbocycles. The van der Waals surface area contributed by atoms with Crippen molar-refractivity contribution >= 4 is 18.2 Å². The molecule has 19 heavy (non-hydrogen) atoms. The summed E-state index contributed by atoms with van der Waals surface area (Å²) in [4.78, 5) is 0. The number of aromatic nitrogens is 4. The molecule has 0 aliphatic heterocycles. The van der Waals surface area contributed by atoms with Gasteiger partial charge in [0, 0.05) is 25.4 Å². The number of aryl methyl sites for hydroxylation is 2. The Balaban J connectivity index is 0.00000180. The summed E-state index contributed by atoms with van der Waals surface area (Å²) in [6.07, 6.45) is 4.99. The Labute approximate surface area is 120 Å². The molecule has 1 N–H and O–H groups in total. The van der Waals surface area contributed by atoms with Crippen LogP contribution in [-0.4, -0.2) is 19.6 Å². The van der Waals surface area contributed by atoms with Crippen LogP contribution >= 0.6 is 12.4 Å². The Hall–Kier alpha value is -1.49. The zero-order valence-corrected chi connectivity index (χ0v) is 12.7. The van der Waals surface area contributed by atoms with Crippen molar-refractivity contribution in [2.24, 2.45) is 7.05 Å². The second-order valence-electron chi connectivity index (χ2n) is 4.69. The molecule has 0 fully saturated rings. The fraction of sp³-hybridized carbons (Fsp3) is 0.538. The second-order valence-corrected chi connectivity index (χ2v) is 4.69. The standard InChI is InChI=1S/C13H21N5.ClH/c1-5-11(3)18-7-6-13(16-18)14-9-12-10(2)8-15-17(12)4;/h6-8,11H,5,9H2,1-4H3,(H,14,16);1H. The van der Waals surface area contributed by atoms with Gasteiger partial charge in [0.2, 0.25) is 0 Å². The van der Waals surface area contributed by atoms with Crippen molar-refractivity contribution in [3.05, 3.63) is 29.7 Å². The second kappa shape index (κ2) is 6.61. The van der Waals surface area contributed by atoms with Crippen molar-refractivity contribution in [1.82, 2.24) is 19.6 Å². The molecule has 2 aromatic rings. The number of halogens is 1. The van der Waals surface area contributed by atoms with E-state index in [9.17, 15) is 0 Å². The normalized spacial score (nSPS) is 12.0. The molecule has 1 atom stereocenters. The van der Waals surface area contributed by atoms with Crippen molar-refractivity contribution in [1.29, 1.82) is 0 Å². The Kier molecular flexibility index (Phi) is 5.42. The van der Waals surface area contributed by atoms with E-state index in [1.165, 1.54) is 11.3 Å². The van der Waals surface area contributed by atoms with Gasteiger partial charge in [0.1, 0.15) is 5.82 Å². The molecule has 0 amide bonds. The Morgan fingerprint density at radius 2 is 2.16 bits per heavy atom. The first kappa shape index (κ1) is 15.6. The Morgan fingerprint density at radius 3 is 2.74 bits per heavy atom. The summed E-state index contributed by atoms with van der Waals surface area (Å²) in [5.74, 6) is 0.913. The van der Waals surface area contributed by atoms with E-state index in [0.717, 1.165) is 18.8 Å². The summed E-state index contributed by atoms with van der Waals surface area (Å²) < 4.78 is 3.90. The number of nitrogens with zero attached hydrogens (tertiary/aromatic N) is 4. The first-order chi connectivity index (χ1) is 8.61. The van der Waals surface area contributed by atoms with Gasteiger partial charge in [0.25, 0.3) is 0 Å². The SMILES string of the molecule is CCC(C)n1ccc(NCc2c(C)cnn2C)n1.Cl. The van der Waals surface area contributed by atoms with Crippen LogP contribution in [0.2, 0.25) is 0 Å². The number of rotatable bonds is 5. The van der Waals surface area contributed by atoms with Crippen LogP contribution in [0.25, 0.3) is 0 Å². The van der Waals surface area contributed by atoms with Crippen LogP contribution in [0.15, 0.2) is 18.5 Å². The van der Waals surface area contributed by atoms with Gasteiger partial charge >= 0.3 is 0 Å². The summed E-state index contributed by atoms with van der Waals surface area (Å²) in [5.41, 5.74) is 2.39. The Bertz CT molecular complexity index is 497. The third-order valence-corrected chi connectivity index (χ3v) is 3.36. The minimum atomic E-state index is 0. The van der Waals surface area contributed by atoms with Gasteiger partial charge in [-0.05, 0) is 25.8 Å². The zero-order chi connectivity index (χ0) is 13.1. The molecule has 1 unspecified atom stereocenters. The first-order valence-electron chi connectivity index (χ1n) is 6.38. The average Bonchev–Trinajstić information content (AvgIpc) is 2.95. The van der Waals surface area contributed by atoms with E-state index in [-0.39, 0.29) is 12.4 Å². The quantitative estimate of drug-likeness (QED) is 0.918. The lowest BCUT2D eigenvalue weighted by Gasteiger charge is -2.09. The van der Waals surface area contributed by atoms with E-state index in [1.807, 2.05) is 34.9 Å². The first-order valence-corrected chi connectivity index (χ1v) is 6.38. The van der Waals surface area contributed by atoms with E-state index in [2.05, 4.69) is 36.3 Å². The highest BCUT2D eigenvalue weighted by atomic mass is 35.5. The molecule has 0 saturated carbocycles. The average molecular weight is 284 g/mol. The van der Waals surface area contributed by atoms with Gasteiger partial charge in [-0.1, -0.05) is 6.92 Å². The van der Waals surface area contributed by atoms with Gasteiger partial charge in [0.05, 0.1) is 18.4 Å². The summed E-state index contributed by atoms with van der Waals surface area (Å²) in [5, 5.41) is 12.1. The topological polar surface area (TPSA) is 47.7 Å². The number of hydrogen-bond donors (Lipinski definition) is 1. The number of hydrogen-bond acceptors (Lipinski definition) is 3. The fourth-order valence-corrected chi connectivity index (χ4v) is 1.87. The maximum absolute atomic E-state index is 4.52. The lowest BCUT2D eigenvalue weighted by atomic mass is 10.3. The summed E-state index contributed by atoms with van der Waals surface area (Å²) in [6, 6.07) is 2.46. The van der Waals surface area contributed by atoms with Gasteiger partial charge in [-0.25, -0.2) is 0 Å². The predicted molar refractivity (Wildman–Crippen MR) is 79.7 cm³/mol. The van der Waals surface area contributed by atoms with Crippen molar-refractivity contribution in [3.8, 4) is 0 Å². The maximum atomic E-state index is 4.52. The van der Waals surface area contributed by atoms with Crippen LogP contribution < -0.4 is 5.32 Å². The molecule has 0 bridgehead atoms. The summed E-state index contributed by atoms with van der Waals surface area (Å²) in [7, 11) is 1.96. The number of anilines is 1. The molecule has 0 spiro atoms. The third-order valence-electron chi connectivity index (χ3n) is 3.36. The van der Waals surface area contributed by atoms with Crippen molar-refractivity contribution in [3.63, 3.8) is 0 Å². The minimum Gasteiger partial charge on any atom is -0.363 e. The highest BCUT2D eigenvalue weighted by Gasteiger charge is 2.07. The van der Waals surface area contributed by atoms with E-state index in [1.54, 1.807) is 0 Å². The van der Waals surface area contributed by atoms with E-state index >= 15 is 0 Å². The monoisotopic (exact) mass is 283 g/mol. The fourth-order valence-electron chi connectivity index (χ4n) is 1.87. The smallest absolute Gasteiger partial charge is 0.148 e. The molecule has 0 aromatic carbocycles. The van der Waals surface area contributed by atoms with Crippen molar-refractivity contribution in [2.75, 3.05) is 5.32 Å². The molecule has 6 heteroatoms. The Morgan fingerprint density at radius 1 is 1.42 bits per heavy atom. The van der Waals surface area contributed by atoms with Gasteiger partial charge in [0.15, 0.2) is 0 Å². The van der Waals surface area contributed by atoms with Gasteiger partial charge in [-0.3, -0.25) is 9.36 Å². The number of nitrogens with one attached hydrogen (secondary N) is 1.